The van der Waals surface area contributed by atoms with Gasteiger partial charge in [-0.05, 0) is 19.8 Å². The molecule has 0 aromatic rings. The van der Waals surface area contributed by atoms with E-state index in [1.165, 1.54) is 6.08 Å². The molecule has 0 atom stereocenters. The molecule has 0 heterocycles. The lowest BCUT2D eigenvalue weighted by Crippen LogP contribution is -1.90. The average Bonchev–Trinajstić information content (AvgIpc) is 1.82. The van der Waals surface area contributed by atoms with E-state index in [0.29, 0.717) is 0 Å². The molecule has 0 saturated carbocycles. The van der Waals surface area contributed by atoms with Crippen LogP contribution in [0, 0.1) is 0 Å². The summed E-state index contributed by atoms with van der Waals surface area (Å²) in [7, 11) is 0. The number of allylic oxidation sites excluding steroid dienone is 1. The second kappa shape index (κ2) is 5.47. The minimum absolute atomic E-state index is 0.855. The van der Waals surface area contributed by atoms with Crippen molar-refractivity contribution in [3.05, 3.63) is 11.6 Å². The molecule has 0 amide bonds. The summed E-state index contributed by atoms with van der Waals surface area (Å²) in [6.07, 6.45) is 3.11. The van der Waals surface area contributed by atoms with Crippen molar-refractivity contribution in [3.8, 4) is 0 Å². The minimum Gasteiger partial charge on any atom is -0.478 e. The van der Waals surface area contributed by atoms with Gasteiger partial charge in [0.25, 0.3) is 0 Å². The number of rotatable bonds is 4. The first-order valence-corrected chi connectivity index (χ1v) is 4.25. The van der Waals surface area contributed by atoms with E-state index in [0.717, 1.165) is 23.7 Å². The second-order valence-electron chi connectivity index (χ2n) is 2.12. The Morgan fingerprint density at radius 2 is 2.30 bits per heavy atom. The topological polar surface area (TPSA) is 37.3 Å². The van der Waals surface area contributed by atoms with E-state index in [2.05, 4.69) is 15.9 Å². The molecule has 0 unspecified atom stereocenters. The molecule has 0 spiro atoms. The van der Waals surface area contributed by atoms with Crippen LogP contribution in [0.15, 0.2) is 11.6 Å². The van der Waals surface area contributed by atoms with Crippen LogP contribution >= 0.6 is 15.9 Å². The number of alkyl halides is 1. The molecule has 0 aliphatic carbocycles. The summed E-state index contributed by atoms with van der Waals surface area (Å²) in [4.78, 5) is 10.1. The van der Waals surface area contributed by atoms with Crippen LogP contribution in [0.2, 0.25) is 0 Å². The van der Waals surface area contributed by atoms with Crippen molar-refractivity contribution in [3.63, 3.8) is 0 Å². The zero-order valence-corrected chi connectivity index (χ0v) is 7.52. The van der Waals surface area contributed by atoms with Crippen LogP contribution in [-0.2, 0) is 4.79 Å². The van der Waals surface area contributed by atoms with E-state index in [1.807, 2.05) is 6.92 Å². The van der Waals surface area contributed by atoms with E-state index in [9.17, 15) is 4.79 Å². The van der Waals surface area contributed by atoms with Gasteiger partial charge in [-0.2, -0.15) is 0 Å². The van der Waals surface area contributed by atoms with Gasteiger partial charge in [0.05, 0.1) is 0 Å². The molecule has 0 aromatic heterocycles. The summed E-state index contributed by atoms with van der Waals surface area (Å²) in [5.41, 5.74) is 0.923. The number of carbonyl (C=O) groups is 1. The molecule has 2 nitrogen and oxygen atoms in total. The van der Waals surface area contributed by atoms with Crippen molar-refractivity contribution in [2.45, 2.75) is 19.8 Å². The first kappa shape index (κ1) is 9.69. The Morgan fingerprint density at radius 3 is 2.70 bits per heavy atom. The van der Waals surface area contributed by atoms with E-state index < -0.39 is 5.97 Å². The standard InChI is InChI=1S/C7H11BrO2/c1-6(3-2-4-8)5-7(9)10/h5H,2-4H2,1H3,(H,9,10). The number of aliphatic carboxylic acids is 1. The average molecular weight is 207 g/mol. The maximum atomic E-state index is 10.1. The molecule has 1 N–H and O–H groups in total. The fourth-order valence-corrected chi connectivity index (χ4v) is 0.909. The summed E-state index contributed by atoms with van der Waals surface area (Å²) in [5.74, 6) is -0.855. The van der Waals surface area contributed by atoms with Crippen LogP contribution < -0.4 is 0 Å². The Kier molecular flexibility index (Phi) is 5.30. The number of hydrogen-bond acceptors (Lipinski definition) is 1. The fraction of sp³-hybridized carbons (Fsp3) is 0.571. The van der Waals surface area contributed by atoms with E-state index in [1.54, 1.807) is 0 Å². The number of hydrogen-bond donors (Lipinski definition) is 1. The van der Waals surface area contributed by atoms with Gasteiger partial charge in [-0.3, -0.25) is 0 Å². The zero-order valence-electron chi connectivity index (χ0n) is 5.93. The number of carboxylic acids is 1. The number of carboxylic acid groups (broad SMARTS) is 1. The molecule has 0 radical (unpaired) electrons. The first-order chi connectivity index (χ1) is 4.66. The molecule has 0 fully saturated rings. The van der Waals surface area contributed by atoms with Crippen molar-refractivity contribution < 1.29 is 9.90 Å². The molecular weight excluding hydrogens is 196 g/mol. The van der Waals surface area contributed by atoms with E-state index in [4.69, 9.17) is 5.11 Å². The van der Waals surface area contributed by atoms with Gasteiger partial charge in [-0.15, -0.1) is 0 Å². The van der Waals surface area contributed by atoms with Crippen molar-refractivity contribution in [1.29, 1.82) is 0 Å². The van der Waals surface area contributed by atoms with Gasteiger partial charge in [-0.1, -0.05) is 21.5 Å². The van der Waals surface area contributed by atoms with Gasteiger partial charge in [0.2, 0.25) is 0 Å². The van der Waals surface area contributed by atoms with Crippen molar-refractivity contribution >= 4 is 21.9 Å². The first-order valence-electron chi connectivity index (χ1n) is 3.13. The third-order valence-corrected chi connectivity index (χ3v) is 1.64. The van der Waals surface area contributed by atoms with Gasteiger partial charge < -0.3 is 5.11 Å². The monoisotopic (exact) mass is 206 g/mol. The highest BCUT2D eigenvalue weighted by atomic mass is 79.9. The second-order valence-corrected chi connectivity index (χ2v) is 2.91. The maximum absolute atomic E-state index is 10.1. The molecule has 3 heteroatoms. The third kappa shape index (κ3) is 5.82. The Labute approximate surface area is 69.1 Å². The van der Waals surface area contributed by atoms with Crippen LogP contribution in [0.4, 0.5) is 0 Å². The SMILES string of the molecule is CC(=CC(=O)O)CCCBr. The highest BCUT2D eigenvalue weighted by Gasteiger charge is 1.92. The lowest BCUT2D eigenvalue weighted by atomic mass is 10.2. The summed E-state index contributed by atoms with van der Waals surface area (Å²) in [6, 6.07) is 0. The lowest BCUT2D eigenvalue weighted by Gasteiger charge is -1.94. The molecule has 0 bridgehead atoms. The molecule has 0 saturated heterocycles. The fourth-order valence-electron chi connectivity index (χ4n) is 0.629. The molecular formula is C7H11BrO2. The molecule has 0 rings (SSSR count). The molecule has 0 aliphatic rings. The zero-order chi connectivity index (χ0) is 7.98. The van der Waals surface area contributed by atoms with Gasteiger partial charge in [-0.25, -0.2) is 4.79 Å². The third-order valence-electron chi connectivity index (χ3n) is 1.07. The summed E-state index contributed by atoms with van der Waals surface area (Å²) < 4.78 is 0. The van der Waals surface area contributed by atoms with Crippen LogP contribution in [-0.4, -0.2) is 16.4 Å². The largest absolute Gasteiger partial charge is 0.478 e. The Balaban J connectivity index is 3.60. The van der Waals surface area contributed by atoms with E-state index >= 15 is 0 Å². The molecule has 10 heavy (non-hydrogen) atoms. The maximum Gasteiger partial charge on any atom is 0.328 e. The molecule has 0 aromatic carbocycles. The minimum atomic E-state index is -0.855. The van der Waals surface area contributed by atoms with Crippen LogP contribution in [0.1, 0.15) is 19.8 Å². The highest BCUT2D eigenvalue weighted by Crippen LogP contribution is 2.04. The molecule has 0 aliphatic heterocycles. The van der Waals surface area contributed by atoms with Gasteiger partial charge in [0.15, 0.2) is 0 Å². The van der Waals surface area contributed by atoms with Gasteiger partial charge >= 0.3 is 5.97 Å². The lowest BCUT2D eigenvalue weighted by molar-refractivity contribution is -0.131. The number of halogens is 1. The van der Waals surface area contributed by atoms with Crippen molar-refractivity contribution in [1.82, 2.24) is 0 Å². The van der Waals surface area contributed by atoms with Gasteiger partial charge in [0.1, 0.15) is 0 Å². The normalized spacial score (nSPS) is 11.6. The predicted molar refractivity (Wildman–Crippen MR) is 44.4 cm³/mol. The van der Waals surface area contributed by atoms with E-state index in [-0.39, 0.29) is 0 Å². The van der Waals surface area contributed by atoms with Crippen LogP contribution in [0.25, 0.3) is 0 Å². The quantitative estimate of drug-likeness (QED) is 0.566. The van der Waals surface area contributed by atoms with Crippen molar-refractivity contribution in [2.24, 2.45) is 0 Å². The summed E-state index contributed by atoms with van der Waals surface area (Å²) in [5, 5.41) is 9.22. The Bertz CT molecular complexity index is 141. The van der Waals surface area contributed by atoms with Crippen LogP contribution in [0.5, 0.6) is 0 Å². The molecule has 58 valence electrons. The van der Waals surface area contributed by atoms with Gasteiger partial charge in [0, 0.05) is 11.4 Å². The summed E-state index contributed by atoms with van der Waals surface area (Å²) in [6.45, 7) is 1.83. The van der Waals surface area contributed by atoms with Crippen molar-refractivity contribution in [2.75, 3.05) is 5.33 Å². The Hall–Kier alpha value is -0.310. The summed E-state index contributed by atoms with van der Waals surface area (Å²) >= 11 is 3.27. The smallest absolute Gasteiger partial charge is 0.328 e. The van der Waals surface area contributed by atoms with Crippen LogP contribution in [0.3, 0.4) is 0 Å². The predicted octanol–water partition coefficient (Wildman–Crippen LogP) is 2.19. The highest BCUT2D eigenvalue weighted by molar-refractivity contribution is 9.09. The Morgan fingerprint density at radius 1 is 1.70 bits per heavy atom.